The number of hydrogen-bond donors (Lipinski definition) is 3. The van der Waals surface area contributed by atoms with Gasteiger partial charge in [-0.15, -0.1) is 23.7 Å². The number of aromatic nitrogens is 2. The van der Waals surface area contributed by atoms with Gasteiger partial charge in [-0.25, -0.2) is 18.1 Å². The van der Waals surface area contributed by atoms with E-state index in [4.69, 9.17) is 11.6 Å². The van der Waals surface area contributed by atoms with Crippen molar-refractivity contribution in [3.8, 4) is 0 Å². The molecule has 12 heteroatoms. The summed E-state index contributed by atoms with van der Waals surface area (Å²) in [4.78, 5) is 23.8. The summed E-state index contributed by atoms with van der Waals surface area (Å²) < 4.78 is 29.1. The van der Waals surface area contributed by atoms with Gasteiger partial charge in [0.2, 0.25) is 0 Å². The van der Waals surface area contributed by atoms with E-state index in [9.17, 15) is 13.2 Å². The second-order valence-electron chi connectivity index (χ2n) is 8.83. The summed E-state index contributed by atoms with van der Waals surface area (Å²) in [5, 5.41) is 4.87. The maximum Gasteiger partial charge on any atom is 0.280 e. The van der Waals surface area contributed by atoms with Crippen LogP contribution < -0.4 is 10.0 Å². The molecule has 3 N–H and O–H groups in total. The number of aromatic amines is 1. The standard InChI is InChI=1S/C22H26ClN5O3S2.ClH/c1-28-9-8-18-19(12-28)32-22(26-18)21(29)25-16-4-2-3-5-17(16)27-33(30,31)20-11-13-10-14(23)6-7-15(13)24-20;/h6-7,10-11,16-17,24,27H,2-5,8-9,12H2,1H3,(H,25,29);1H/t16-,17+;/m0./s1. The first kappa shape index (κ1) is 25.4. The van der Waals surface area contributed by atoms with Gasteiger partial charge >= 0.3 is 0 Å². The molecular weight excluding hydrogens is 517 g/mol. The van der Waals surface area contributed by atoms with Gasteiger partial charge in [0.25, 0.3) is 15.9 Å². The molecule has 1 amide bonds. The van der Waals surface area contributed by atoms with Crippen LogP contribution in [0.3, 0.4) is 0 Å². The number of halogens is 2. The van der Waals surface area contributed by atoms with Crippen LogP contribution in [-0.2, 0) is 23.0 Å². The molecule has 184 valence electrons. The quantitative estimate of drug-likeness (QED) is 0.454. The summed E-state index contributed by atoms with van der Waals surface area (Å²) in [5.41, 5.74) is 1.70. The predicted molar refractivity (Wildman–Crippen MR) is 137 cm³/mol. The van der Waals surface area contributed by atoms with Crippen molar-refractivity contribution in [1.29, 1.82) is 0 Å². The van der Waals surface area contributed by atoms with Gasteiger partial charge in [-0.3, -0.25) is 4.79 Å². The SMILES string of the molecule is CN1CCc2nc(C(=O)N[C@H]3CCCC[C@H]3NS(=O)(=O)c3cc4cc(Cl)ccc4[nH]3)sc2C1.Cl. The molecule has 1 saturated carbocycles. The molecule has 1 aromatic carbocycles. The number of sulfonamides is 1. The van der Waals surface area contributed by atoms with Crippen molar-refractivity contribution in [1.82, 2.24) is 24.9 Å². The predicted octanol–water partition coefficient (Wildman–Crippen LogP) is 3.71. The van der Waals surface area contributed by atoms with E-state index in [1.54, 1.807) is 24.3 Å². The number of H-pyrrole nitrogens is 1. The number of likely N-dealkylation sites (N-methyl/N-ethyl adjacent to an activating group) is 1. The van der Waals surface area contributed by atoms with Crippen molar-refractivity contribution in [2.24, 2.45) is 0 Å². The zero-order valence-corrected chi connectivity index (χ0v) is 21.8. The lowest BCUT2D eigenvalue weighted by Gasteiger charge is -2.32. The van der Waals surface area contributed by atoms with E-state index in [1.807, 2.05) is 0 Å². The average Bonchev–Trinajstić information content (AvgIpc) is 3.39. The van der Waals surface area contributed by atoms with Crippen LogP contribution in [0.4, 0.5) is 0 Å². The Morgan fingerprint density at radius 2 is 2.00 bits per heavy atom. The highest BCUT2D eigenvalue weighted by Crippen LogP contribution is 2.27. The Morgan fingerprint density at radius 1 is 1.24 bits per heavy atom. The van der Waals surface area contributed by atoms with E-state index < -0.39 is 10.0 Å². The molecule has 1 aliphatic heterocycles. The molecule has 8 nitrogen and oxygen atoms in total. The van der Waals surface area contributed by atoms with E-state index >= 15 is 0 Å². The highest BCUT2D eigenvalue weighted by Gasteiger charge is 2.32. The van der Waals surface area contributed by atoms with E-state index in [2.05, 4.69) is 32.0 Å². The van der Waals surface area contributed by atoms with Crippen molar-refractivity contribution >= 4 is 62.2 Å². The van der Waals surface area contributed by atoms with E-state index in [1.165, 1.54) is 11.3 Å². The van der Waals surface area contributed by atoms with Gasteiger partial charge in [-0.1, -0.05) is 24.4 Å². The highest BCUT2D eigenvalue weighted by atomic mass is 35.5. The van der Waals surface area contributed by atoms with Gasteiger partial charge in [0.05, 0.1) is 5.69 Å². The van der Waals surface area contributed by atoms with Crippen molar-refractivity contribution < 1.29 is 13.2 Å². The number of carbonyl (C=O) groups is 1. The Kier molecular flexibility index (Phi) is 7.56. The van der Waals surface area contributed by atoms with Crippen molar-refractivity contribution in [2.45, 2.75) is 55.8 Å². The number of amides is 1. The van der Waals surface area contributed by atoms with Gasteiger partial charge in [0, 0.05) is 52.4 Å². The summed E-state index contributed by atoms with van der Waals surface area (Å²) in [6.45, 7) is 1.74. The normalized spacial score (nSPS) is 21.1. The first-order valence-corrected chi connectivity index (χ1v) is 13.7. The number of hydrogen-bond acceptors (Lipinski definition) is 6. The van der Waals surface area contributed by atoms with Crippen LogP contribution in [0.1, 0.15) is 46.1 Å². The summed E-state index contributed by atoms with van der Waals surface area (Å²) >= 11 is 7.46. The molecule has 0 saturated heterocycles. The molecule has 2 aromatic heterocycles. The largest absolute Gasteiger partial charge is 0.346 e. The molecule has 2 aliphatic rings. The van der Waals surface area contributed by atoms with Crippen LogP contribution in [0.15, 0.2) is 29.3 Å². The van der Waals surface area contributed by atoms with Crippen molar-refractivity contribution in [3.63, 3.8) is 0 Å². The third-order valence-corrected chi connectivity index (χ3v) is 9.08. The summed E-state index contributed by atoms with van der Waals surface area (Å²) in [7, 11) is -1.74. The van der Waals surface area contributed by atoms with Gasteiger partial charge in [0.1, 0.15) is 5.03 Å². The van der Waals surface area contributed by atoms with Crippen LogP contribution in [-0.4, -0.2) is 54.9 Å². The molecule has 34 heavy (non-hydrogen) atoms. The minimum Gasteiger partial charge on any atom is -0.346 e. The smallest absolute Gasteiger partial charge is 0.280 e. The minimum absolute atomic E-state index is 0. The molecular formula is C22H27Cl2N5O3S2. The lowest BCUT2D eigenvalue weighted by atomic mass is 9.91. The van der Waals surface area contributed by atoms with Crippen LogP contribution in [0.5, 0.6) is 0 Å². The average molecular weight is 545 g/mol. The third kappa shape index (κ3) is 5.27. The fourth-order valence-corrected chi connectivity index (χ4v) is 7.19. The first-order valence-electron chi connectivity index (χ1n) is 11.1. The number of thiazole rings is 1. The zero-order valence-electron chi connectivity index (χ0n) is 18.6. The molecule has 0 spiro atoms. The van der Waals surface area contributed by atoms with E-state index in [-0.39, 0.29) is 35.4 Å². The molecule has 3 aromatic rings. The third-order valence-electron chi connectivity index (χ3n) is 6.35. The molecule has 1 fully saturated rings. The molecule has 0 radical (unpaired) electrons. The second kappa shape index (κ2) is 10.1. The fourth-order valence-electron chi connectivity index (χ4n) is 4.58. The zero-order chi connectivity index (χ0) is 23.2. The monoisotopic (exact) mass is 543 g/mol. The Hall–Kier alpha value is -1.69. The van der Waals surface area contributed by atoms with Gasteiger partial charge < -0.3 is 15.2 Å². The number of rotatable bonds is 5. The maximum atomic E-state index is 13.1. The molecule has 5 rings (SSSR count). The molecule has 2 atom stereocenters. The van der Waals surface area contributed by atoms with E-state index in [0.717, 1.165) is 54.7 Å². The molecule has 0 bridgehead atoms. The second-order valence-corrected chi connectivity index (χ2v) is 12.0. The van der Waals surface area contributed by atoms with Crippen molar-refractivity contribution in [3.05, 3.63) is 44.9 Å². The number of carbonyl (C=O) groups excluding carboxylic acids is 1. The van der Waals surface area contributed by atoms with Gasteiger partial charge in [-0.2, -0.15) is 0 Å². The Bertz CT molecular complexity index is 1310. The number of nitrogens with zero attached hydrogens (tertiary/aromatic N) is 2. The minimum atomic E-state index is -3.79. The van der Waals surface area contributed by atoms with Crippen LogP contribution in [0, 0.1) is 0 Å². The molecule has 3 heterocycles. The van der Waals surface area contributed by atoms with Gasteiger partial charge in [0.15, 0.2) is 5.01 Å². The topological polar surface area (TPSA) is 107 Å². The van der Waals surface area contributed by atoms with Crippen LogP contribution in [0.25, 0.3) is 10.9 Å². The summed E-state index contributed by atoms with van der Waals surface area (Å²) in [6, 6.07) is 6.10. The number of fused-ring (bicyclic) bond motifs is 2. The van der Waals surface area contributed by atoms with Crippen LogP contribution in [0.2, 0.25) is 5.02 Å². The Balaban J connectivity index is 0.00000274. The number of nitrogens with one attached hydrogen (secondary N) is 3. The molecule has 0 unspecified atom stereocenters. The summed E-state index contributed by atoms with van der Waals surface area (Å²) in [6.07, 6.45) is 4.06. The Morgan fingerprint density at radius 3 is 2.79 bits per heavy atom. The lowest BCUT2D eigenvalue weighted by molar-refractivity contribution is 0.0918. The highest BCUT2D eigenvalue weighted by molar-refractivity contribution is 7.89. The van der Waals surface area contributed by atoms with Gasteiger partial charge in [-0.05, 0) is 44.2 Å². The van der Waals surface area contributed by atoms with E-state index in [0.29, 0.717) is 22.0 Å². The fraction of sp³-hybridized carbons (Fsp3) is 0.455. The summed E-state index contributed by atoms with van der Waals surface area (Å²) in [5.74, 6) is -0.228. The van der Waals surface area contributed by atoms with Crippen molar-refractivity contribution in [2.75, 3.05) is 13.6 Å². The molecule has 1 aliphatic carbocycles. The Labute approximate surface area is 213 Å². The maximum absolute atomic E-state index is 13.1. The number of benzene rings is 1. The van der Waals surface area contributed by atoms with Crippen LogP contribution >= 0.6 is 35.3 Å². The first-order chi connectivity index (χ1) is 15.8. The lowest BCUT2D eigenvalue weighted by Crippen LogP contribution is -2.53.